The second-order valence-electron chi connectivity index (χ2n) is 3.23. The molecule has 1 saturated carbocycles. The summed E-state index contributed by atoms with van der Waals surface area (Å²) in [6.07, 6.45) is 4.20. The predicted molar refractivity (Wildman–Crippen MR) is 40.6 cm³/mol. The molecule has 0 heterocycles. The molecule has 10 heavy (non-hydrogen) atoms. The lowest BCUT2D eigenvalue weighted by atomic mass is 9.84. The van der Waals surface area contributed by atoms with Crippen LogP contribution in [0.2, 0.25) is 0 Å². The quantitative estimate of drug-likeness (QED) is 0.594. The third-order valence-corrected chi connectivity index (χ3v) is 2.29. The van der Waals surface area contributed by atoms with E-state index >= 15 is 0 Å². The Morgan fingerprint density at radius 2 is 2.20 bits per heavy atom. The summed E-state index contributed by atoms with van der Waals surface area (Å²) in [6, 6.07) is 0.280. The van der Waals surface area contributed by atoms with Crippen LogP contribution < -0.4 is 5.73 Å². The highest BCUT2D eigenvalue weighted by Crippen LogP contribution is 2.23. The maximum Gasteiger partial charge on any atom is 0.132 e. The summed E-state index contributed by atoms with van der Waals surface area (Å²) in [5.41, 5.74) is 5.71. The third kappa shape index (κ3) is 1.81. The fourth-order valence-electron chi connectivity index (χ4n) is 1.60. The van der Waals surface area contributed by atoms with E-state index in [1.54, 1.807) is 6.92 Å². The molecule has 2 N–H and O–H groups in total. The molecule has 0 aromatic heterocycles. The van der Waals surface area contributed by atoms with Crippen molar-refractivity contribution in [2.75, 3.05) is 0 Å². The van der Waals surface area contributed by atoms with Crippen molar-refractivity contribution in [1.82, 2.24) is 0 Å². The average Bonchev–Trinajstić information content (AvgIpc) is 1.88. The molecular weight excluding hydrogens is 126 g/mol. The lowest BCUT2D eigenvalue weighted by molar-refractivity contribution is -0.121. The SMILES string of the molecule is CC(=O)[C@@H]1CCC[C@@H](N)C1. The Hall–Kier alpha value is -0.370. The maximum atomic E-state index is 10.9. The van der Waals surface area contributed by atoms with Gasteiger partial charge in [0, 0.05) is 12.0 Å². The number of carbonyl (C=O) groups excluding carboxylic acids is 1. The molecule has 2 heteroatoms. The second kappa shape index (κ2) is 3.15. The van der Waals surface area contributed by atoms with Crippen LogP contribution in [0.4, 0.5) is 0 Å². The largest absolute Gasteiger partial charge is 0.328 e. The zero-order valence-corrected chi connectivity index (χ0v) is 6.47. The molecule has 58 valence electrons. The van der Waals surface area contributed by atoms with Crippen molar-refractivity contribution in [3.8, 4) is 0 Å². The van der Waals surface area contributed by atoms with Gasteiger partial charge in [-0.15, -0.1) is 0 Å². The van der Waals surface area contributed by atoms with Crippen LogP contribution in [-0.4, -0.2) is 11.8 Å². The molecule has 0 aromatic carbocycles. The fourth-order valence-corrected chi connectivity index (χ4v) is 1.60. The van der Waals surface area contributed by atoms with Gasteiger partial charge in [-0.1, -0.05) is 6.42 Å². The van der Waals surface area contributed by atoms with E-state index in [0.29, 0.717) is 5.78 Å². The number of rotatable bonds is 1. The molecule has 0 saturated heterocycles. The first kappa shape index (κ1) is 7.73. The highest BCUT2D eigenvalue weighted by molar-refractivity contribution is 5.78. The lowest BCUT2D eigenvalue weighted by Gasteiger charge is -2.24. The van der Waals surface area contributed by atoms with Gasteiger partial charge in [-0.05, 0) is 26.2 Å². The summed E-state index contributed by atoms with van der Waals surface area (Å²) < 4.78 is 0. The Bertz CT molecular complexity index is 133. The van der Waals surface area contributed by atoms with E-state index in [2.05, 4.69) is 0 Å². The molecule has 1 rings (SSSR count). The van der Waals surface area contributed by atoms with E-state index in [1.807, 2.05) is 0 Å². The van der Waals surface area contributed by atoms with Crippen molar-refractivity contribution < 1.29 is 4.79 Å². The van der Waals surface area contributed by atoms with Crippen LogP contribution in [0.15, 0.2) is 0 Å². The maximum absolute atomic E-state index is 10.9. The van der Waals surface area contributed by atoms with E-state index in [-0.39, 0.29) is 12.0 Å². The van der Waals surface area contributed by atoms with Crippen molar-refractivity contribution in [1.29, 1.82) is 0 Å². The van der Waals surface area contributed by atoms with Crippen LogP contribution in [0.1, 0.15) is 32.6 Å². The molecule has 0 aromatic rings. The number of Topliss-reactive ketones (excluding diaryl/α,β-unsaturated/α-hetero) is 1. The molecule has 1 aliphatic rings. The van der Waals surface area contributed by atoms with Gasteiger partial charge in [0.1, 0.15) is 5.78 Å². The first-order valence-corrected chi connectivity index (χ1v) is 3.96. The minimum absolute atomic E-state index is 0.267. The normalized spacial score (nSPS) is 33.8. The molecule has 1 aliphatic carbocycles. The molecule has 2 nitrogen and oxygen atoms in total. The lowest BCUT2D eigenvalue weighted by Crippen LogP contribution is -2.30. The Kier molecular flexibility index (Phi) is 2.44. The smallest absolute Gasteiger partial charge is 0.132 e. The van der Waals surface area contributed by atoms with E-state index in [4.69, 9.17) is 5.73 Å². The topological polar surface area (TPSA) is 43.1 Å². The van der Waals surface area contributed by atoms with Crippen LogP contribution in [0.3, 0.4) is 0 Å². The van der Waals surface area contributed by atoms with E-state index in [1.165, 1.54) is 0 Å². The van der Waals surface area contributed by atoms with Gasteiger partial charge >= 0.3 is 0 Å². The number of hydrogen-bond donors (Lipinski definition) is 1. The van der Waals surface area contributed by atoms with Gasteiger partial charge in [0.05, 0.1) is 0 Å². The predicted octanol–water partition coefficient (Wildman–Crippen LogP) is 1.09. The first-order valence-electron chi connectivity index (χ1n) is 3.96. The number of nitrogens with two attached hydrogens (primary N) is 1. The molecule has 0 radical (unpaired) electrons. The van der Waals surface area contributed by atoms with Crippen molar-refractivity contribution in [3.05, 3.63) is 0 Å². The van der Waals surface area contributed by atoms with Crippen LogP contribution >= 0.6 is 0 Å². The van der Waals surface area contributed by atoms with Crippen molar-refractivity contribution in [2.45, 2.75) is 38.6 Å². The van der Waals surface area contributed by atoms with Crippen LogP contribution in [0.25, 0.3) is 0 Å². The molecule has 2 atom stereocenters. The van der Waals surface area contributed by atoms with Gasteiger partial charge in [0.15, 0.2) is 0 Å². The van der Waals surface area contributed by atoms with Crippen LogP contribution in [0, 0.1) is 5.92 Å². The number of carbonyl (C=O) groups is 1. The minimum Gasteiger partial charge on any atom is -0.328 e. The van der Waals surface area contributed by atoms with Crippen molar-refractivity contribution in [2.24, 2.45) is 11.7 Å². The van der Waals surface area contributed by atoms with Crippen molar-refractivity contribution in [3.63, 3.8) is 0 Å². The standard InChI is InChI=1S/C8H15NO/c1-6(10)7-3-2-4-8(9)5-7/h7-8H,2-5,9H2,1H3/t7-,8-/m1/s1. The molecular formula is C8H15NO. The summed E-state index contributed by atoms with van der Waals surface area (Å²) in [4.78, 5) is 10.9. The molecule has 0 spiro atoms. The Morgan fingerprint density at radius 1 is 1.50 bits per heavy atom. The minimum atomic E-state index is 0.267. The molecule has 0 unspecified atom stereocenters. The summed E-state index contributed by atoms with van der Waals surface area (Å²) in [6.45, 7) is 1.67. The van der Waals surface area contributed by atoms with Crippen LogP contribution in [0.5, 0.6) is 0 Å². The van der Waals surface area contributed by atoms with E-state index in [0.717, 1.165) is 25.7 Å². The zero-order valence-electron chi connectivity index (χ0n) is 6.47. The highest BCUT2D eigenvalue weighted by atomic mass is 16.1. The summed E-state index contributed by atoms with van der Waals surface area (Å²) in [7, 11) is 0. The molecule has 0 amide bonds. The van der Waals surface area contributed by atoms with Gasteiger partial charge in [-0.2, -0.15) is 0 Å². The number of ketones is 1. The second-order valence-corrected chi connectivity index (χ2v) is 3.23. The van der Waals surface area contributed by atoms with Crippen molar-refractivity contribution >= 4 is 5.78 Å². The summed E-state index contributed by atoms with van der Waals surface area (Å²) >= 11 is 0. The van der Waals surface area contributed by atoms with Gasteiger partial charge in [-0.25, -0.2) is 0 Å². The van der Waals surface area contributed by atoms with E-state index in [9.17, 15) is 4.79 Å². The summed E-state index contributed by atoms with van der Waals surface area (Å²) in [5.74, 6) is 0.582. The van der Waals surface area contributed by atoms with Gasteiger partial charge in [0.2, 0.25) is 0 Å². The fraction of sp³-hybridized carbons (Fsp3) is 0.875. The van der Waals surface area contributed by atoms with Gasteiger partial charge in [-0.3, -0.25) is 4.79 Å². The van der Waals surface area contributed by atoms with Gasteiger partial charge in [0.25, 0.3) is 0 Å². The average molecular weight is 141 g/mol. The molecule has 0 bridgehead atoms. The molecule has 1 fully saturated rings. The Labute approximate surface area is 61.8 Å². The molecule has 0 aliphatic heterocycles. The Balaban J connectivity index is 2.39. The first-order chi connectivity index (χ1) is 4.70. The zero-order chi connectivity index (χ0) is 7.56. The van der Waals surface area contributed by atoms with Crippen LogP contribution in [-0.2, 0) is 4.79 Å². The highest BCUT2D eigenvalue weighted by Gasteiger charge is 2.21. The Morgan fingerprint density at radius 3 is 2.60 bits per heavy atom. The summed E-state index contributed by atoms with van der Waals surface area (Å²) in [5, 5.41) is 0. The monoisotopic (exact) mass is 141 g/mol. The third-order valence-electron chi connectivity index (χ3n) is 2.29. The number of hydrogen-bond acceptors (Lipinski definition) is 2. The van der Waals surface area contributed by atoms with E-state index < -0.39 is 0 Å². The van der Waals surface area contributed by atoms with Gasteiger partial charge < -0.3 is 5.73 Å².